The molecule has 0 bridgehead atoms. The van der Waals surface area contributed by atoms with Gasteiger partial charge in [0.1, 0.15) is 11.5 Å². The topological polar surface area (TPSA) is 102 Å². The highest BCUT2D eigenvalue weighted by atomic mass is 32.2. The van der Waals surface area contributed by atoms with E-state index in [2.05, 4.69) is 0 Å². The van der Waals surface area contributed by atoms with Gasteiger partial charge in [-0.3, -0.25) is 9.10 Å². The third kappa shape index (κ3) is 4.79. The van der Waals surface area contributed by atoms with Gasteiger partial charge in [0.15, 0.2) is 6.61 Å². The van der Waals surface area contributed by atoms with E-state index in [0.717, 1.165) is 18.4 Å². The van der Waals surface area contributed by atoms with Crippen molar-refractivity contribution in [1.82, 2.24) is 0 Å². The van der Waals surface area contributed by atoms with Crippen LogP contribution in [0.1, 0.15) is 17.5 Å². The number of hydrogen-bond donors (Lipinski definition) is 0. The van der Waals surface area contributed by atoms with Crippen LogP contribution in [0.25, 0.3) is 0 Å². The van der Waals surface area contributed by atoms with Gasteiger partial charge in [0, 0.05) is 6.54 Å². The molecule has 38 heavy (non-hydrogen) atoms. The Morgan fingerprint density at radius 3 is 2.53 bits per heavy atom. The molecule has 0 aromatic heterocycles. The molecule has 0 N–H and O–H groups in total. The van der Waals surface area contributed by atoms with Crippen LogP contribution in [0.5, 0.6) is 11.5 Å². The van der Waals surface area contributed by atoms with Crippen molar-refractivity contribution in [3.63, 3.8) is 0 Å². The summed E-state index contributed by atoms with van der Waals surface area (Å²) in [5, 5.41) is 0. The van der Waals surface area contributed by atoms with Crippen molar-refractivity contribution in [1.29, 1.82) is 0 Å². The lowest BCUT2D eigenvalue weighted by atomic mass is 10.0. The number of ether oxygens (including phenoxy) is 3. The second-order valence-corrected chi connectivity index (χ2v) is 11.0. The maximum Gasteiger partial charge on any atom is 0.348 e. The van der Waals surface area contributed by atoms with E-state index in [1.807, 2.05) is 24.3 Å². The van der Waals surface area contributed by atoms with Crippen molar-refractivity contribution >= 4 is 33.3 Å². The second-order valence-electron chi connectivity index (χ2n) is 9.13. The molecule has 5 rings (SSSR count). The number of hydrogen-bond acceptors (Lipinski definition) is 7. The number of aryl methyl sites for hydroxylation is 2. The Hall–Kier alpha value is -4.05. The van der Waals surface area contributed by atoms with E-state index in [1.165, 1.54) is 22.4 Å². The van der Waals surface area contributed by atoms with Crippen LogP contribution in [0.4, 0.5) is 11.4 Å². The molecule has 0 aliphatic carbocycles. The molecule has 0 fully saturated rings. The molecule has 9 nitrogen and oxygen atoms in total. The van der Waals surface area contributed by atoms with E-state index >= 15 is 0 Å². The smallest absolute Gasteiger partial charge is 0.348 e. The number of carbonyl (C=O) groups excluding carboxylic acids is 2. The minimum absolute atomic E-state index is 0.0145. The zero-order valence-corrected chi connectivity index (χ0v) is 21.9. The molecule has 10 heteroatoms. The van der Waals surface area contributed by atoms with E-state index in [1.54, 1.807) is 43.3 Å². The lowest BCUT2D eigenvalue weighted by Gasteiger charge is -2.33. The third-order valence-electron chi connectivity index (χ3n) is 6.69. The summed E-state index contributed by atoms with van der Waals surface area (Å²) in [6.07, 6.45) is 0.640. The van der Waals surface area contributed by atoms with Crippen molar-refractivity contribution < 1.29 is 32.2 Å². The van der Waals surface area contributed by atoms with Gasteiger partial charge in [0.05, 0.1) is 29.9 Å². The maximum absolute atomic E-state index is 13.5. The molecule has 0 saturated heterocycles. The van der Waals surface area contributed by atoms with Gasteiger partial charge < -0.3 is 19.1 Å². The number of fused-ring (bicyclic) bond motifs is 2. The van der Waals surface area contributed by atoms with Gasteiger partial charge in [0.2, 0.25) is 6.10 Å². The highest BCUT2D eigenvalue weighted by Gasteiger charge is 2.35. The van der Waals surface area contributed by atoms with E-state index in [0.29, 0.717) is 35.0 Å². The summed E-state index contributed by atoms with van der Waals surface area (Å²) < 4.78 is 44.7. The monoisotopic (exact) mass is 536 g/mol. The first-order valence-corrected chi connectivity index (χ1v) is 13.7. The van der Waals surface area contributed by atoms with E-state index < -0.39 is 22.1 Å². The van der Waals surface area contributed by atoms with Gasteiger partial charge >= 0.3 is 5.97 Å². The number of esters is 1. The molecule has 2 aliphatic rings. The first kappa shape index (κ1) is 25.6. The Bertz CT molecular complexity index is 1490. The van der Waals surface area contributed by atoms with E-state index in [9.17, 15) is 18.0 Å². The van der Waals surface area contributed by atoms with Gasteiger partial charge in [-0.1, -0.05) is 30.3 Å². The van der Waals surface area contributed by atoms with Crippen molar-refractivity contribution in [2.75, 3.05) is 36.0 Å². The van der Waals surface area contributed by atoms with Crippen molar-refractivity contribution in [2.45, 2.75) is 30.8 Å². The minimum atomic E-state index is -3.77. The molecule has 0 saturated carbocycles. The average molecular weight is 537 g/mol. The van der Waals surface area contributed by atoms with Crippen LogP contribution in [0, 0.1) is 6.92 Å². The molecule has 1 unspecified atom stereocenters. The van der Waals surface area contributed by atoms with Crippen LogP contribution in [-0.4, -0.2) is 53.2 Å². The fourth-order valence-electron chi connectivity index (χ4n) is 4.76. The number of benzene rings is 3. The van der Waals surface area contributed by atoms with Gasteiger partial charge in [0.25, 0.3) is 15.9 Å². The number of methoxy groups -OCH3 is 1. The zero-order chi connectivity index (χ0) is 26.9. The molecule has 0 radical (unpaired) electrons. The zero-order valence-electron chi connectivity index (χ0n) is 21.1. The molecule has 3 aromatic carbocycles. The number of sulfonamides is 1. The van der Waals surface area contributed by atoms with Gasteiger partial charge in [-0.25, -0.2) is 13.2 Å². The molecule has 1 amide bonds. The first-order chi connectivity index (χ1) is 18.3. The fraction of sp³-hybridized carbons (Fsp3) is 0.286. The highest BCUT2D eigenvalue weighted by molar-refractivity contribution is 7.92. The maximum atomic E-state index is 13.5. The Balaban J connectivity index is 1.32. The predicted octanol–water partition coefficient (Wildman–Crippen LogP) is 3.48. The molecule has 198 valence electrons. The second kappa shape index (κ2) is 10.4. The summed E-state index contributed by atoms with van der Waals surface area (Å²) in [5.74, 6) is -0.173. The normalized spacial score (nSPS) is 16.6. The lowest BCUT2D eigenvalue weighted by Crippen LogP contribution is -2.48. The number of carbonyl (C=O) groups is 2. The molecule has 0 spiro atoms. The largest absolute Gasteiger partial charge is 0.483 e. The van der Waals surface area contributed by atoms with E-state index in [4.69, 9.17) is 14.2 Å². The van der Waals surface area contributed by atoms with E-state index in [-0.39, 0.29) is 24.0 Å². The van der Waals surface area contributed by atoms with Crippen LogP contribution < -0.4 is 18.7 Å². The van der Waals surface area contributed by atoms with Crippen LogP contribution in [0.3, 0.4) is 0 Å². The minimum Gasteiger partial charge on any atom is -0.483 e. The summed E-state index contributed by atoms with van der Waals surface area (Å²) in [4.78, 5) is 26.8. The Kier molecular flexibility index (Phi) is 6.98. The summed E-state index contributed by atoms with van der Waals surface area (Å²) in [7, 11) is -2.51. The van der Waals surface area contributed by atoms with Crippen LogP contribution in [0.2, 0.25) is 0 Å². The van der Waals surface area contributed by atoms with Gasteiger partial charge in [-0.05, 0) is 67.3 Å². The summed E-state index contributed by atoms with van der Waals surface area (Å²) in [5.41, 5.74) is 2.83. The quantitative estimate of drug-likeness (QED) is 0.445. The number of anilines is 2. The lowest BCUT2D eigenvalue weighted by molar-refractivity contribution is -0.148. The Morgan fingerprint density at radius 1 is 1.03 bits per heavy atom. The summed E-state index contributed by atoms with van der Waals surface area (Å²) in [6.45, 7) is 1.83. The Morgan fingerprint density at radius 2 is 1.76 bits per heavy atom. The summed E-state index contributed by atoms with van der Waals surface area (Å²) >= 11 is 0. The molecule has 2 aliphatic heterocycles. The van der Waals surface area contributed by atoms with Gasteiger partial charge in [-0.15, -0.1) is 0 Å². The van der Waals surface area contributed by atoms with Crippen LogP contribution in [0.15, 0.2) is 71.6 Å². The fourth-order valence-corrected chi connectivity index (χ4v) is 6.39. The van der Waals surface area contributed by atoms with Crippen molar-refractivity contribution in [2.24, 2.45) is 0 Å². The third-order valence-corrected chi connectivity index (χ3v) is 8.50. The SMILES string of the molecule is COC(=O)C1CN(C(=O)COc2ccc(S(=O)(=O)N3CCCc4ccccc43)cc2C)c2ccccc2O1. The highest BCUT2D eigenvalue weighted by Crippen LogP contribution is 2.35. The number of rotatable bonds is 6. The molecule has 1 atom stereocenters. The molecule has 3 aromatic rings. The Labute approximate surface area is 221 Å². The molecular formula is C28H28N2O7S. The first-order valence-electron chi connectivity index (χ1n) is 12.3. The molecular weight excluding hydrogens is 508 g/mol. The average Bonchev–Trinajstić information content (AvgIpc) is 2.94. The number of amides is 1. The van der Waals surface area contributed by atoms with Crippen LogP contribution in [-0.2, 0) is 30.8 Å². The predicted molar refractivity (Wildman–Crippen MR) is 141 cm³/mol. The summed E-state index contributed by atoms with van der Waals surface area (Å²) in [6, 6.07) is 19.1. The van der Waals surface area contributed by atoms with Crippen molar-refractivity contribution in [3.05, 3.63) is 77.9 Å². The van der Waals surface area contributed by atoms with Gasteiger partial charge in [-0.2, -0.15) is 0 Å². The molecule has 2 heterocycles. The number of para-hydroxylation sites is 3. The van der Waals surface area contributed by atoms with Crippen LogP contribution >= 0.6 is 0 Å². The van der Waals surface area contributed by atoms with Crippen molar-refractivity contribution in [3.8, 4) is 11.5 Å². The standard InChI is InChI=1S/C28H28N2O7S/c1-19-16-21(38(33,34)30-15-7-9-20-8-3-4-10-22(20)30)13-14-24(19)36-18-27(31)29-17-26(28(32)35-2)37-25-12-6-5-11-23(25)29/h3-6,8,10-14,16,26H,7,9,15,17-18H2,1-2H3. The number of nitrogens with zero attached hydrogens (tertiary/aromatic N) is 2.